The van der Waals surface area contributed by atoms with E-state index in [4.69, 9.17) is 4.74 Å². The third-order valence-corrected chi connectivity index (χ3v) is 5.03. The molecular formula is C24H20F3N3O2. The fraction of sp³-hybridized carbons (Fsp3) is 0.125. The zero-order valence-electron chi connectivity index (χ0n) is 17.1. The number of H-pyrrole nitrogens is 1. The molecule has 0 aliphatic rings. The van der Waals surface area contributed by atoms with Crippen LogP contribution in [0.3, 0.4) is 0 Å². The Kier molecular flexibility index (Phi) is 5.87. The van der Waals surface area contributed by atoms with Crippen molar-refractivity contribution in [2.45, 2.75) is 12.8 Å². The van der Waals surface area contributed by atoms with E-state index in [2.05, 4.69) is 15.6 Å². The highest BCUT2D eigenvalue weighted by Crippen LogP contribution is 2.33. The molecule has 0 aliphatic heterocycles. The molecule has 0 saturated carbocycles. The molecule has 4 rings (SSSR count). The number of methoxy groups -OCH3 is 1. The summed E-state index contributed by atoms with van der Waals surface area (Å²) in [6, 6.07) is 17.6. The Morgan fingerprint density at radius 2 is 1.75 bits per heavy atom. The molecule has 0 radical (unpaired) electrons. The number of fused-ring (bicyclic) bond motifs is 1. The molecule has 3 aromatic carbocycles. The number of urea groups is 1. The van der Waals surface area contributed by atoms with Gasteiger partial charge >= 0.3 is 12.2 Å². The van der Waals surface area contributed by atoms with Crippen LogP contribution in [0.2, 0.25) is 0 Å². The van der Waals surface area contributed by atoms with E-state index in [1.165, 1.54) is 13.2 Å². The largest absolute Gasteiger partial charge is 0.416 e. The first-order chi connectivity index (χ1) is 15.3. The van der Waals surface area contributed by atoms with E-state index in [1.807, 2.05) is 42.6 Å². The van der Waals surface area contributed by atoms with Crippen molar-refractivity contribution in [1.82, 2.24) is 4.98 Å². The summed E-state index contributed by atoms with van der Waals surface area (Å²) in [5.41, 5.74) is 3.15. The van der Waals surface area contributed by atoms with Gasteiger partial charge in [-0.25, -0.2) is 4.79 Å². The van der Waals surface area contributed by atoms with Gasteiger partial charge in [-0.15, -0.1) is 0 Å². The van der Waals surface area contributed by atoms with Gasteiger partial charge in [0.2, 0.25) is 0 Å². The lowest BCUT2D eigenvalue weighted by atomic mass is 10.0. The number of rotatable bonds is 5. The number of carbonyl (C=O) groups excluding carboxylic acids is 1. The summed E-state index contributed by atoms with van der Waals surface area (Å²) >= 11 is 0. The van der Waals surface area contributed by atoms with E-state index in [9.17, 15) is 18.0 Å². The Labute approximate surface area is 182 Å². The molecule has 1 heterocycles. The lowest BCUT2D eigenvalue weighted by Gasteiger charge is -2.15. The number of aromatic nitrogens is 1. The summed E-state index contributed by atoms with van der Waals surface area (Å²) in [6.45, 7) is 0.0626. The lowest BCUT2D eigenvalue weighted by molar-refractivity contribution is -0.137. The first kappa shape index (κ1) is 21.5. The summed E-state index contributed by atoms with van der Waals surface area (Å²) < 4.78 is 44.2. The standard InChI is InChI=1S/C24H20F3N3O2/c1-32-14-16-6-9-17(24(25,26)27)12-22(16)30-23(31)29-18-10-7-15(8-11-18)20-13-28-21-5-3-2-4-19(20)21/h2-13,28H,14H2,1H3,(H2,29,30,31). The minimum Gasteiger partial charge on any atom is -0.380 e. The number of anilines is 2. The molecule has 4 aromatic rings. The van der Waals surface area contributed by atoms with E-state index in [0.29, 0.717) is 11.3 Å². The summed E-state index contributed by atoms with van der Waals surface area (Å²) in [7, 11) is 1.43. The monoisotopic (exact) mass is 439 g/mol. The van der Waals surface area contributed by atoms with Crippen molar-refractivity contribution in [1.29, 1.82) is 0 Å². The molecule has 2 amide bonds. The van der Waals surface area contributed by atoms with Gasteiger partial charge < -0.3 is 20.4 Å². The SMILES string of the molecule is COCc1ccc(C(F)(F)F)cc1NC(=O)Nc1ccc(-c2c[nH]c3ccccc23)cc1. The van der Waals surface area contributed by atoms with Crippen LogP contribution in [0.25, 0.3) is 22.0 Å². The topological polar surface area (TPSA) is 66.2 Å². The Morgan fingerprint density at radius 1 is 1.00 bits per heavy atom. The molecule has 5 nitrogen and oxygen atoms in total. The van der Waals surface area contributed by atoms with Crippen LogP contribution in [0.4, 0.5) is 29.3 Å². The van der Waals surface area contributed by atoms with Crippen molar-refractivity contribution < 1.29 is 22.7 Å². The van der Waals surface area contributed by atoms with Crippen LogP contribution in [-0.2, 0) is 17.5 Å². The Balaban J connectivity index is 1.50. The zero-order valence-corrected chi connectivity index (χ0v) is 17.1. The fourth-order valence-electron chi connectivity index (χ4n) is 3.48. The van der Waals surface area contributed by atoms with Gasteiger partial charge in [0.25, 0.3) is 0 Å². The maximum absolute atomic E-state index is 13.1. The van der Waals surface area contributed by atoms with E-state index in [0.717, 1.165) is 34.2 Å². The first-order valence-corrected chi connectivity index (χ1v) is 9.79. The Hall–Kier alpha value is -3.78. The number of carbonyl (C=O) groups is 1. The number of amides is 2. The van der Waals surface area contributed by atoms with Gasteiger partial charge in [0.1, 0.15) is 0 Å². The van der Waals surface area contributed by atoms with Gasteiger partial charge in [-0.3, -0.25) is 0 Å². The van der Waals surface area contributed by atoms with Crippen LogP contribution in [0.5, 0.6) is 0 Å². The van der Waals surface area contributed by atoms with Gasteiger partial charge in [-0.05, 0) is 35.9 Å². The van der Waals surface area contributed by atoms with E-state index < -0.39 is 17.8 Å². The minimum atomic E-state index is -4.52. The van der Waals surface area contributed by atoms with E-state index in [1.54, 1.807) is 12.1 Å². The van der Waals surface area contributed by atoms with Gasteiger partial charge in [0.15, 0.2) is 0 Å². The predicted octanol–water partition coefficient (Wildman–Crippen LogP) is 6.64. The summed E-state index contributed by atoms with van der Waals surface area (Å²) in [6.07, 6.45) is -2.60. The number of benzene rings is 3. The van der Waals surface area contributed by atoms with Crippen LogP contribution in [0, 0.1) is 0 Å². The molecule has 0 fully saturated rings. The number of aromatic amines is 1. The molecule has 0 saturated heterocycles. The quantitative estimate of drug-likeness (QED) is 0.326. The molecular weight excluding hydrogens is 419 g/mol. The van der Waals surface area contributed by atoms with Crippen molar-refractivity contribution >= 4 is 28.3 Å². The molecule has 3 N–H and O–H groups in total. The third kappa shape index (κ3) is 4.60. The second-order valence-electron chi connectivity index (χ2n) is 7.21. The molecule has 0 atom stereocenters. The zero-order chi connectivity index (χ0) is 22.7. The Morgan fingerprint density at radius 3 is 2.47 bits per heavy atom. The molecule has 1 aromatic heterocycles. The number of para-hydroxylation sites is 1. The molecule has 8 heteroatoms. The van der Waals surface area contributed by atoms with Crippen molar-refractivity contribution in [3.8, 4) is 11.1 Å². The number of ether oxygens (including phenoxy) is 1. The van der Waals surface area contributed by atoms with Gasteiger partial charge in [0.05, 0.1) is 12.2 Å². The maximum Gasteiger partial charge on any atom is 0.416 e. The van der Waals surface area contributed by atoms with Crippen molar-refractivity contribution in [3.63, 3.8) is 0 Å². The summed E-state index contributed by atoms with van der Waals surface area (Å²) in [5, 5.41) is 6.22. The number of alkyl halides is 3. The maximum atomic E-state index is 13.1. The summed E-state index contributed by atoms with van der Waals surface area (Å²) in [5.74, 6) is 0. The molecule has 32 heavy (non-hydrogen) atoms. The lowest BCUT2D eigenvalue weighted by Crippen LogP contribution is -2.21. The van der Waals surface area contributed by atoms with Crippen molar-refractivity contribution in [3.05, 3.63) is 84.1 Å². The normalized spacial score (nSPS) is 11.5. The highest BCUT2D eigenvalue weighted by atomic mass is 19.4. The number of hydrogen-bond acceptors (Lipinski definition) is 2. The predicted molar refractivity (Wildman–Crippen MR) is 119 cm³/mol. The average Bonchev–Trinajstić information content (AvgIpc) is 3.19. The van der Waals surface area contributed by atoms with E-state index in [-0.39, 0.29) is 12.3 Å². The molecule has 0 aliphatic carbocycles. The van der Waals surface area contributed by atoms with Gasteiger partial charge in [0, 0.05) is 46.7 Å². The third-order valence-electron chi connectivity index (χ3n) is 5.03. The highest BCUT2D eigenvalue weighted by Gasteiger charge is 2.31. The van der Waals surface area contributed by atoms with Crippen LogP contribution in [-0.4, -0.2) is 18.1 Å². The molecule has 0 unspecified atom stereocenters. The van der Waals surface area contributed by atoms with E-state index >= 15 is 0 Å². The first-order valence-electron chi connectivity index (χ1n) is 9.79. The fourth-order valence-corrected chi connectivity index (χ4v) is 3.48. The van der Waals surface area contributed by atoms with Crippen LogP contribution in [0.1, 0.15) is 11.1 Å². The minimum absolute atomic E-state index is 0.0367. The van der Waals surface area contributed by atoms with Crippen LogP contribution >= 0.6 is 0 Å². The van der Waals surface area contributed by atoms with Crippen LogP contribution in [0.15, 0.2) is 72.9 Å². The van der Waals surface area contributed by atoms with Crippen LogP contribution < -0.4 is 10.6 Å². The van der Waals surface area contributed by atoms with Crippen molar-refractivity contribution in [2.24, 2.45) is 0 Å². The second kappa shape index (κ2) is 8.76. The second-order valence-corrected chi connectivity index (χ2v) is 7.21. The molecule has 0 spiro atoms. The molecule has 0 bridgehead atoms. The number of hydrogen-bond donors (Lipinski definition) is 3. The Bertz CT molecular complexity index is 1250. The van der Waals surface area contributed by atoms with Gasteiger partial charge in [-0.1, -0.05) is 36.4 Å². The number of nitrogens with one attached hydrogen (secondary N) is 3. The smallest absolute Gasteiger partial charge is 0.380 e. The van der Waals surface area contributed by atoms with Crippen molar-refractivity contribution in [2.75, 3.05) is 17.7 Å². The number of halogens is 3. The average molecular weight is 439 g/mol. The molecule has 164 valence electrons. The highest BCUT2D eigenvalue weighted by molar-refractivity contribution is 6.01. The summed E-state index contributed by atoms with van der Waals surface area (Å²) in [4.78, 5) is 15.7. The van der Waals surface area contributed by atoms with Gasteiger partial charge in [-0.2, -0.15) is 13.2 Å².